The number of benzene rings is 1. The van der Waals surface area contributed by atoms with Gasteiger partial charge in [0.2, 0.25) is 15.9 Å². The third kappa shape index (κ3) is 4.67. The summed E-state index contributed by atoms with van der Waals surface area (Å²) in [5, 5.41) is 4.13. The van der Waals surface area contributed by atoms with Crippen LogP contribution in [0.25, 0.3) is 0 Å². The highest BCUT2D eigenvalue weighted by Gasteiger charge is 2.31. The van der Waals surface area contributed by atoms with E-state index in [2.05, 4.69) is 10.1 Å². The van der Waals surface area contributed by atoms with Crippen LogP contribution in [0.2, 0.25) is 0 Å². The van der Waals surface area contributed by atoms with Gasteiger partial charge in [-0.15, -0.1) is 0 Å². The van der Waals surface area contributed by atoms with Crippen molar-refractivity contribution in [3.8, 4) is 0 Å². The van der Waals surface area contributed by atoms with Gasteiger partial charge < -0.3 is 9.26 Å². The SMILES string of the molecule is O=S(=O)(c1ccccc1F)N1CCC(CCc2nc(C3CCOCC3)no2)CC1. The number of rotatable bonds is 6. The zero-order valence-corrected chi connectivity index (χ0v) is 17.1. The number of piperidine rings is 1. The van der Waals surface area contributed by atoms with Crippen molar-refractivity contribution in [3.63, 3.8) is 0 Å². The average molecular weight is 424 g/mol. The van der Waals surface area contributed by atoms with E-state index in [4.69, 9.17) is 9.26 Å². The lowest BCUT2D eigenvalue weighted by molar-refractivity contribution is 0.0830. The summed E-state index contributed by atoms with van der Waals surface area (Å²) in [6.45, 7) is 2.28. The monoisotopic (exact) mass is 423 g/mol. The van der Waals surface area contributed by atoms with Crippen LogP contribution in [0.3, 0.4) is 0 Å². The van der Waals surface area contributed by atoms with Crippen LogP contribution in [-0.2, 0) is 21.2 Å². The lowest BCUT2D eigenvalue weighted by atomic mass is 9.93. The molecule has 1 aromatic heterocycles. The van der Waals surface area contributed by atoms with Gasteiger partial charge in [-0.1, -0.05) is 17.3 Å². The number of hydrogen-bond acceptors (Lipinski definition) is 6. The van der Waals surface area contributed by atoms with Crippen LogP contribution in [0.1, 0.15) is 49.7 Å². The van der Waals surface area contributed by atoms with E-state index in [0.717, 1.165) is 51.1 Å². The minimum absolute atomic E-state index is 0.245. The molecule has 9 heteroatoms. The zero-order valence-electron chi connectivity index (χ0n) is 16.3. The molecule has 0 spiro atoms. The third-order valence-electron chi connectivity index (χ3n) is 5.86. The molecule has 0 unspecified atom stereocenters. The number of halogens is 1. The molecule has 2 aromatic rings. The van der Waals surface area contributed by atoms with Gasteiger partial charge in [0.15, 0.2) is 5.82 Å². The van der Waals surface area contributed by atoms with Gasteiger partial charge in [0.25, 0.3) is 0 Å². The van der Waals surface area contributed by atoms with E-state index in [-0.39, 0.29) is 4.90 Å². The Labute approximate surface area is 170 Å². The summed E-state index contributed by atoms with van der Waals surface area (Å²) >= 11 is 0. The molecule has 4 rings (SSSR count). The fourth-order valence-corrected chi connectivity index (χ4v) is 5.58. The van der Waals surface area contributed by atoms with Crippen LogP contribution in [0.15, 0.2) is 33.7 Å². The smallest absolute Gasteiger partial charge is 0.245 e. The Kier molecular flexibility index (Phi) is 6.26. The van der Waals surface area contributed by atoms with E-state index >= 15 is 0 Å². The van der Waals surface area contributed by atoms with Crippen LogP contribution in [-0.4, -0.2) is 49.2 Å². The number of aryl methyl sites for hydroxylation is 1. The highest BCUT2D eigenvalue weighted by molar-refractivity contribution is 7.89. The molecule has 0 atom stereocenters. The number of sulfonamides is 1. The summed E-state index contributed by atoms with van der Waals surface area (Å²) in [5.41, 5.74) is 0. The molecule has 0 N–H and O–H groups in total. The lowest BCUT2D eigenvalue weighted by Gasteiger charge is -2.31. The number of nitrogens with zero attached hydrogens (tertiary/aromatic N) is 3. The Balaban J connectivity index is 1.28. The minimum atomic E-state index is -3.79. The van der Waals surface area contributed by atoms with E-state index in [1.807, 2.05) is 0 Å². The molecular formula is C20H26FN3O4S. The molecular weight excluding hydrogens is 397 g/mol. The molecule has 1 aromatic carbocycles. The molecule has 158 valence electrons. The van der Waals surface area contributed by atoms with Gasteiger partial charge in [0.05, 0.1) is 0 Å². The number of aromatic nitrogens is 2. The number of hydrogen-bond donors (Lipinski definition) is 0. The fraction of sp³-hybridized carbons (Fsp3) is 0.600. The second kappa shape index (κ2) is 8.89. The van der Waals surface area contributed by atoms with E-state index in [1.165, 1.54) is 22.5 Å². The molecule has 2 aliphatic rings. The summed E-state index contributed by atoms with van der Waals surface area (Å²) in [4.78, 5) is 4.30. The summed E-state index contributed by atoms with van der Waals surface area (Å²) in [7, 11) is -3.79. The van der Waals surface area contributed by atoms with Gasteiger partial charge >= 0.3 is 0 Å². The molecule has 2 aliphatic heterocycles. The zero-order chi connectivity index (χ0) is 20.3. The first-order valence-electron chi connectivity index (χ1n) is 10.2. The van der Waals surface area contributed by atoms with E-state index in [0.29, 0.717) is 37.2 Å². The van der Waals surface area contributed by atoms with Crippen molar-refractivity contribution in [1.82, 2.24) is 14.4 Å². The van der Waals surface area contributed by atoms with Crippen LogP contribution >= 0.6 is 0 Å². The van der Waals surface area contributed by atoms with Crippen molar-refractivity contribution in [2.24, 2.45) is 5.92 Å². The summed E-state index contributed by atoms with van der Waals surface area (Å²) < 4.78 is 51.5. The lowest BCUT2D eigenvalue weighted by Crippen LogP contribution is -2.38. The first kappa shape index (κ1) is 20.4. The summed E-state index contributed by atoms with van der Waals surface area (Å²) in [6, 6.07) is 5.54. The number of ether oxygens (including phenoxy) is 1. The summed E-state index contributed by atoms with van der Waals surface area (Å²) in [6.07, 6.45) is 4.91. The highest BCUT2D eigenvalue weighted by Crippen LogP contribution is 2.28. The molecule has 0 aliphatic carbocycles. The molecule has 7 nitrogen and oxygen atoms in total. The van der Waals surface area contributed by atoms with Crippen molar-refractivity contribution in [1.29, 1.82) is 0 Å². The topological polar surface area (TPSA) is 85.5 Å². The molecule has 0 amide bonds. The van der Waals surface area contributed by atoms with Crippen molar-refractivity contribution in [2.45, 2.75) is 49.3 Å². The quantitative estimate of drug-likeness (QED) is 0.710. The maximum absolute atomic E-state index is 13.9. The molecule has 2 fully saturated rings. The van der Waals surface area contributed by atoms with Gasteiger partial charge in [0, 0.05) is 38.6 Å². The van der Waals surface area contributed by atoms with E-state index < -0.39 is 15.8 Å². The Morgan fingerprint density at radius 3 is 2.55 bits per heavy atom. The third-order valence-corrected chi connectivity index (χ3v) is 7.80. The van der Waals surface area contributed by atoms with Gasteiger partial charge in [0.1, 0.15) is 10.7 Å². The molecule has 3 heterocycles. The fourth-order valence-electron chi connectivity index (χ4n) is 4.05. The normalized spacial score (nSPS) is 20.2. The Bertz CT molecular complexity index is 919. The summed E-state index contributed by atoms with van der Waals surface area (Å²) in [5.74, 6) is 1.42. The first-order chi connectivity index (χ1) is 14.0. The first-order valence-corrected chi connectivity index (χ1v) is 11.6. The second-order valence-electron chi connectivity index (χ2n) is 7.75. The Morgan fingerprint density at radius 2 is 1.83 bits per heavy atom. The largest absolute Gasteiger partial charge is 0.381 e. The maximum Gasteiger partial charge on any atom is 0.245 e. The van der Waals surface area contributed by atoms with Crippen LogP contribution < -0.4 is 0 Å². The molecule has 0 saturated carbocycles. The van der Waals surface area contributed by atoms with Crippen molar-refractivity contribution in [3.05, 3.63) is 41.8 Å². The van der Waals surface area contributed by atoms with Crippen LogP contribution in [0.5, 0.6) is 0 Å². The van der Waals surface area contributed by atoms with Crippen LogP contribution in [0, 0.1) is 11.7 Å². The van der Waals surface area contributed by atoms with Crippen molar-refractivity contribution >= 4 is 10.0 Å². The minimum Gasteiger partial charge on any atom is -0.381 e. The van der Waals surface area contributed by atoms with Crippen LogP contribution in [0.4, 0.5) is 4.39 Å². The second-order valence-corrected chi connectivity index (χ2v) is 9.66. The molecule has 29 heavy (non-hydrogen) atoms. The average Bonchev–Trinajstić information content (AvgIpc) is 3.22. The standard InChI is InChI=1S/C20H26FN3O4S/c21-17-3-1-2-4-18(17)29(25,26)24-11-7-15(8-12-24)5-6-19-22-20(23-28-19)16-9-13-27-14-10-16/h1-4,15-16H,5-14H2. The predicted octanol–water partition coefficient (Wildman–Crippen LogP) is 3.14. The van der Waals surface area contributed by atoms with Gasteiger partial charge in [-0.05, 0) is 50.2 Å². The Hall–Kier alpha value is -1.84. The van der Waals surface area contributed by atoms with Crippen molar-refractivity contribution < 1.29 is 22.1 Å². The maximum atomic E-state index is 13.9. The Morgan fingerprint density at radius 1 is 1.10 bits per heavy atom. The van der Waals surface area contributed by atoms with Gasteiger partial charge in [-0.2, -0.15) is 9.29 Å². The van der Waals surface area contributed by atoms with Gasteiger partial charge in [-0.25, -0.2) is 12.8 Å². The predicted molar refractivity (Wildman–Crippen MR) is 103 cm³/mol. The van der Waals surface area contributed by atoms with Gasteiger partial charge in [-0.3, -0.25) is 0 Å². The molecule has 0 radical (unpaired) electrons. The van der Waals surface area contributed by atoms with Crippen molar-refractivity contribution in [2.75, 3.05) is 26.3 Å². The molecule has 0 bridgehead atoms. The highest BCUT2D eigenvalue weighted by atomic mass is 32.2. The van der Waals surface area contributed by atoms with E-state index in [9.17, 15) is 12.8 Å². The molecule has 2 saturated heterocycles. The van der Waals surface area contributed by atoms with E-state index in [1.54, 1.807) is 6.07 Å².